The number of hydrogen-bond acceptors (Lipinski definition) is 3. The van der Waals surface area contributed by atoms with E-state index in [1.165, 1.54) is 12.4 Å². The van der Waals surface area contributed by atoms with Crippen LogP contribution in [0.4, 0.5) is 14.5 Å². The molecule has 4 nitrogen and oxygen atoms in total. The lowest BCUT2D eigenvalue weighted by molar-refractivity contribution is 0.0673. The molecule has 0 radical (unpaired) electrons. The Morgan fingerprint density at radius 1 is 1.32 bits per heavy atom. The number of imidazole rings is 1. The Kier molecular flexibility index (Phi) is 4.33. The zero-order chi connectivity index (χ0) is 13.7. The largest absolute Gasteiger partial charge is 0.494 e. The average Bonchev–Trinajstić information content (AvgIpc) is 2.87. The van der Waals surface area contributed by atoms with E-state index in [1.54, 1.807) is 0 Å². The van der Waals surface area contributed by atoms with Gasteiger partial charge in [0, 0.05) is 18.1 Å². The van der Waals surface area contributed by atoms with Crippen LogP contribution in [0.3, 0.4) is 0 Å². The van der Waals surface area contributed by atoms with Gasteiger partial charge in [-0.2, -0.15) is 8.78 Å². The maximum Gasteiger partial charge on any atom is 0.319 e. The van der Waals surface area contributed by atoms with E-state index in [9.17, 15) is 8.78 Å². The van der Waals surface area contributed by atoms with Crippen LogP contribution < -0.4 is 10.1 Å². The van der Waals surface area contributed by atoms with Crippen LogP contribution in [0.25, 0.3) is 0 Å². The summed E-state index contributed by atoms with van der Waals surface area (Å²) >= 11 is 0. The van der Waals surface area contributed by atoms with Crippen molar-refractivity contribution in [2.45, 2.75) is 20.0 Å². The van der Waals surface area contributed by atoms with Gasteiger partial charge in [-0.25, -0.2) is 4.98 Å². The third kappa shape index (κ3) is 3.43. The van der Waals surface area contributed by atoms with Gasteiger partial charge in [-0.3, -0.25) is 4.57 Å². The van der Waals surface area contributed by atoms with E-state index in [0.717, 1.165) is 16.0 Å². The number of ether oxygens (including phenoxy) is 1. The molecule has 0 atom stereocenters. The fourth-order valence-electron chi connectivity index (χ4n) is 1.68. The van der Waals surface area contributed by atoms with Crippen LogP contribution in [0.2, 0.25) is 0 Å². The predicted octanol–water partition coefficient (Wildman–Crippen LogP) is 3.29. The van der Waals surface area contributed by atoms with E-state index < -0.39 is 6.55 Å². The minimum absolute atomic E-state index is 0.241. The highest BCUT2D eigenvalue weighted by Gasteiger charge is 2.10. The van der Waals surface area contributed by atoms with Crippen LogP contribution in [0, 0.1) is 0 Å². The standard InChI is InChI=1S/C13H15F2N3O/c1-2-19-11-5-3-10(4-6-11)17-9-12-16-7-8-18(12)13(14)15/h3-8,13,17H,2,9H2,1H3. The zero-order valence-electron chi connectivity index (χ0n) is 10.5. The van der Waals surface area contributed by atoms with Gasteiger partial charge in [-0.05, 0) is 31.2 Å². The summed E-state index contributed by atoms with van der Waals surface area (Å²) in [6, 6.07) is 7.32. The Labute approximate surface area is 110 Å². The van der Waals surface area contributed by atoms with Crippen LogP contribution >= 0.6 is 0 Å². The molecule has 19 heavy (non-hydrogen) atoms. The number of halogens is 2. The van der Waals surface area contributed by atoms with Gasteiger partial charge in [0.1, 0.15) is 11.6 Å². The summed E-state index contributed by atoms with van der Waals surface area (Å²) in [7, 11) is 0. The zero-order valence-corrected chi connectivity index (χ0v) is 10.5. The summed E-state index contributed by atoms with van der Waals surface area (Å²) in [4.78, 5) is 3.90. The van der Waals surface area contributed by atoms with E-state index in [-0.39, 0.29) is 6.54 Å². The molecule has 0 bridgehead atoms. The first-order valence-electron chi connectivity index (χ1n) is 5.97. The molecule has 102 valence electrons. The molecule has 0 aliphatic carbocycles. The summed E-state index contributed by atoms with van der Waals surface area (Å²) in [6.45, 7) is 0.194. The maximum absolute atomic E-state index is 12.6. The van der Waals surface area contributed by atoms with Crippen LogP contribution in [-0.4, -0.2) is 16.2 Å². The molecule has 1 aromatic heterocycles. The molecule has 0 spiro atoms. The summed E-state index contributed by atoms with van der Waals surface area (Å²) in [5.41, 5.74) is 0.826. The molecule has 0 fully saturated rings. The molecule has 6 heteroatoms. The molecule has 1 aromatic carbocycles. The van der Waals surface area contributed by atoms with E-state index in [1.807, 2.05) is 31.2 Å². The van der Waals surface area contributed by atoms with Crippen LogP contribution in [0.1, 0.15) is 19.3 Å². The predicted molar refractivity (Wildman–Crippen MR) is 68.4 cm³/mol. The van der Waals surface area contributed by atoms with Crippen molar-refractivity contribution in [2.75, 3.05) is 11.9 Å². The van der Waals surface area contributed by atoms with Gasteiger partial charge in [0.25, 0.3) is 0 Å². The number of hydrogen-bond donors (Lipinski definition) is 1. The van der Waals surface area contributed by atoms with E-state index >= 15 is 0 Å². The molecule has 0 saturated carbocycles. The molecule has 2 rings (SSSR count). The lowest BCUT2D eigenvalue weighted by Gasteiger charge is -2.09. The van der Waals surface area contributed by atoms with Crippen molar-refractivity contribution in [1.82, 2.24) is 9.55 Å². The fourth-order valence-corrected chi connectivity index (χ4v) is 1.68. The van der Waals surface area contributed by atoms with Crippen molar-refractivity contribution in [3.05, 3.63) is 42.5 Å². The Bertz CT molecular complexity index is 511. The van der Waals surface area contributed by atoms with Crippen molar-refractivity contribution in [1.29, 1.82) is 0 Å². The van der Waals surface area contributed by atoms with E-state index in [0.29, 0.717) is 12.4 Å². The number of benzene rings is 1. The molecule has 0 amide bonds. The van der Waals surface area contributed by atoms with Crippen molar-refractivity contribution in [3.63, 3.8) is 0 Å². The lowest BCUT2D eigenvalue weighted by atomic mass is 10.3. The third-order valence-corrected chi connectivity index (χ3v) is 2.58. The quantitative estimate of drug-likeness (QED) is 0.873. The molecule has 0 unspecified atom stereocenters. The third-order valence-electron chi connectivity index (χ3n) is 2.58. The van der Waals surface area contributed by atoms with E-state index in [4.69, 9.17) is 4.74 Å². The smallest absolute Gasteiger partial charge is 0.319 e. The van der Waals surface area contributed by atoms with Gasteiger partial charge in [-0.15, -0.1) is 0 Å². The van der Waals surface area contributed by atoms with Crippen LogP contribution in [-0.2, 0) is 6.54 Å². The fraction of sp³-hybridized carbons (Fsp3) is 0.308. The number of alkyl halides is 2. The van der Waals surface area contributed by atoms with Gasteiger partial charge in [0.2, 0.25) is 0 Å². The van der Waals surface area contributed by atoms with Gasteiger partial charge >= 0.3 is 6.55 Å². The lowest BCUT2D eigenvalue weighted by Crippen LogP contribution is -2.08. The second-order valence-corrected chi connectivity index (χ2v) is 3.84. The molecule has 1 N–H and O–H groups in total. The first-order valence-corrected chi connectivity index (χ1v) is 5.97. The number of nitrogens with zero attached hydrogens (tertiary/aromatic N) is 2. The highest BCUT2D eigenvalue weighted by atomic mass is 19.3. The minimum atomic E-state index is -2.57. The van der Waals surface area contributed by atoms with Crippen molar-refractivity contribution in [3.8, 4) is 5.75 Å². The molecular weight excluding hydrogens is 252 g/mol. The minimum Gasteiger partial charge on any atom is -0.494 e. The van der Waals surface area contributed by atoms with Crippen molar-refractivity contribution in [2.24, 2.45) is 0 Å². The van der Waals surface area contributed by atoms with Crippen molar-refractivity contribution < 1.29 is 13.5 Å². The molecule has 1 heterocycles. The van der Waals surface area contributed by atoms with E-state index in [2.05, 4.69) is 10.3 Å². The van der Waals surface area contributed by atoms with Crippen LogP contribution in [0.5, 0.6) is 5.75 Å². The summed E-state index contributed by atoms with van der Waals surface area (Å²) in [5.74, 6) is 1.08. The number of nitrogens with one attached hydrogen (secondary N) is 1. The molecule has 0 aliphatic heterocycles. The van der Waals surface area contributed by atoms with Gasteiger partial charge in [-0.1, -0.05) is 0 Å². The second-order valence-electron chi connectivity index (χ2n) is 3.84. The van der Waals surface area contributed by atoms with Crippen LogP contribution in [0.15, 0.2) is 36.7 Å². The first kappa shape index (κ1) is 13.3. The number of rotatable bonds is 6. The summed E-state index contributed by atoms with van der Waals surface area (Å²) in [6.07, 6.45) is 2.63. The Morgan fingerprint density at radius 2 is 2.05 bits per heavy atom. The molecule has 0 saturated heterocycles. The summed E-state index contributed by atoms with van der Waals surface area (Å²) in [5, 5.41) is 3.04. The number of aromatic nitrogens is 2. The first-order chi connectivity index (χ1) is 9.20. The molecule has 0 aliphatic rings. The Hall–Kier alpha value is -2.11. The Balaban J connectivity index is 1.96. The van der Waals surface area contributed by atoms with Gasteiger partial charge in [0.05, 0.1) is 13.2 Å². The molecular formula is C13H15F2N3O. The topological polar surface area (TPSA) is 39.1 Å². The highest BCUT2D eigenvalue weighted by molar-refractivity contribution is 5.46. The maximum atomic E-state index is 12.6. The summed E-state index contributed by atoms with van der Waals surface area (Å²) < 4.78 is 31.4. The SMILES string of the molecule is CCOc1ccc(NCc2nccn2C(F)F)cc1. The second kappa shape index (κ2) is 6.17. The molecule has 2 aromatic rings. The highest BCUT2D eigenvalue weighted by Crippen LogP contribution is 2.17. The monoisotopic (exact) mass is 267 g/mol. The normalized spacial score (nSPS) is 10.7. The number of anilines is 1. The van der Waals surface area contributed by atoms with Gasteiger partial charge in [0.15, 0.2) is 0 Å². The Morgan fingerprint density at radius 3 is 2.68 bits per heavy atom. The van der Waals surface area contributed by atoms with Gasteiger partial charge < -0.3 is 10.1 Å². The van der Waals surface area contributed by atoms with Crippen molar-refractivity contribution >= 4 is 5.69 Å². The average molecular weight is 267 g/mol.